The lowest BCUT2D eigenvalue weighted by atomic mass is 10.2. The molecule has 0 saturated carbocycles. The Balaban J connectivity index is 1.43. The molecule has 0 aromatic heterocycles. The van der Waals surface area contributed by atoms with Crippen molar-refractivity contribution < 1.29 is 9.63 Å². The normalized spacial score (nSPS) is 16.4. The maximum atomic E-state index is 12.5. The number of amides is 1. The molecule has 1 atom stereocenters. The minimum absolute atomic E-state index is 0.0254. The molecule has 0 unspecified atom stereocenters. The van der Waals surface area contributed by atoms with E-state index in [1.807, 2.05) is 23.1 Å². The summed E-state index contributed by atoms with van der Waals surface area (Å²) in [6.07, 6.45) is 0.979. The number of oxime groups is 1. The second-order valence-electron chi connectivity index (χ2n) is 6.62. The van der Waals surface area contributed by atoms with Crippen LogP contribution >= 0.6 is 11.6 Å². The van der Waals surface area contributed by atoms with Gasteiger partial charge in [-0.1, -0.05) is 59.2 Å². The summed E-state index contributed by atoms with van der Waals surface area (Å²) in [5.41, 5.74) is 2.17. The van der Waals surface area contributed by atoms with E-state index in [1.165, 1.54) is 5.56 Å². The van der Waals surface area contributed by atoms with Crippen LogP contribution in [0.4, 0.5) is 0 Å². The molecule has 2 aromatic rings. The van der Waals surface area contributed by atoms with E-state index >= 15 is 0 Å². The van der Waals surface area contributed by atoms with Crippen LogP contribution in [0.3, 0.4) is 0 Å². The average Bonchev–Trinajstić information content (AvgIpc) is 2.70. The molecule has 5 nitrogen and oxygen atoms in total. The lowest BCUT2D eigenvalue weighted by molar-refractivity contribution is -0.144. The van der Waals surface area contributed by atoms with Gasteiger partial charge in [0.15, 0.2) is 0 Å². The van der Waals surface area contributed by atoms with Crippen molar-refractivity contribution in [2.24, 2.45) is 5.16 Å². The highest BCUT2D eigenvalue weighted by atomic mass is 35.5. The van der Waals surface area contributed by atoms with Gasteiger partial charge in [0.25, 0.3) is 5.91 Å². The highest BCUT2D eigenvalue weighted by Gasteiger charge is 2.26. The minimum atomic E-state index is -0.603. The summed E-state index contributed by atoms with van der Waals surface area (Å²) in [6, 6.07) is 17.6. The summed E-state index contributed by atoms with van der Waals surface area (Å²) >= 11 is 5.85. The second-order valence-corrected chi connectivity index (χ2v) is 7.06. The first-order valence-corrected chi connectivity index (χ1v) is 9.49. The number of rotatable bonds is 6. The van der Waals surface area contributed by atoms with Gasteiger partial charge in [0.2, 0.25) is 6.10 Å². The Hall–Kier alpha value is -2.37. The molecule has 1 heterocycles. The summed E-state index contributed by atoms with van der Waals surface area (Å²) in [6.45, 7) is 5.79. The Morgan fingerprint density at radius 2 is 1.78 bits per heavy atom. The van der Waals surface area contributed by atoms with Gasteiger partial charge >= 0.3 is 0 Å². The van der Waals surface area contributed by atoms with Crippen molar-refractivity contribution in [3.8, 4) is 0 Å². The molecule has 1 saturated heterocycles. The highest BCUT2D eigenvalue weighted by Crippen LogP contribution is 2.11. The van der Waals surface area contributed by atoms with E-state index in [1.54, 1.807) is 25.3 Å². The summed E-state index contributed by atoms with van der Waals surface area (Å²) in [5, 5.41) is 4.60. The summed E-state index contributed by atoms with van der Waals surface area (Å²) < 4.78 is 0. The highest BCUT2D eigenvalue weighted by molar-refractivity contribution is 6.30. The van der Waals surface area contributed by atoms with E-state index in [9.17, 15) is 4.79 Å². The maximum Gasteiger partial charge on any atom is 0.266 e. The Labute approximate surface area is 165 Å². The number of hydrogen-bond donors (Lipinski definition) is 0. The van der Waals surface area contributed by atoms with Crippen LogP contribution in [0.15, 0.2) is 59.8 Å². The Morgan fingerprint density at radius 1 is 1.11 bits per heavy atom. The van der Waals surface area contributed by atoms with Gasteiger partial charge < -0.3 is 9.74 Å². The van der Waals surface area contributed by atoms with Crippen molar-refractivity contribution in [3.05, 3.63) is 70.7 Å². The van der Waals surface area contributed by atoms with Crippen molar-refractivity contribution in [1.29, 1.82) is 0 Å². The number of piperazine rings is 1. The van der Waals surface area contributed by atoms with Crippen LogP contribution in [0.2, 0.25) is 5.02 Å². The number of hydrogen-bond acceptors (Lipinski definition) is 4. The Bertz CT molecular complexity index is 757. The predicted octanol–water partition coefficient (Wildman–Crippen LogP) is 3.42. The third kappa shape index (κ3) is 5.81. The van der Waals surface area contributed by atoms with Gasteiger partial charge in [-0.2, -0.15) is 0 Å². The first-order valence-electron chi connectivity index (χ1n) is 9.11. The number of nitrogens with zero attached hydrogens (tertiary/aromatic N) is 3. The number of benzene rings is 2. The molecule has 2 aromatic carbocycles. The van der Waals surface area contributed by atoms with E-state index < -0.39 is 6.10 Å². The molecule has 1 fully saturated rings. The smallest absolute Gasteiger partial charge is 0.266 e. The summed E-state index contributed by atoms with van der Waals surface area (Å²) in [7, 11) is 0. The molecule has 0 radical (unpaired) electrons. The van der Waals surface area contributed by atoms with E-state index in [2.05, 4.69) is 34.3 Å². The van der Waals surface area contributed by atoms with Crippen LogP contribution in [0.1, 0.15) is 18.1 Å². The molecular weight excluding hydrogens is 362 g/mol. The number of carbonyl (C=O) groups excluding carboxylic acids is 1. The molecule has 142 valence electrons. The lowest BCUT2D eigenvalue weighted by Crippen LogP contribution is -2.50. The Kier molecular flexibility index (Phi) is 6.85. The van der Waals surface area contributed by atoms with Crippen LogP contribution in [-0.4, -0.2) is 54.2 Å². The van der Waals surface area contributed by atoms with Gasteiger partial charge in [-0.05, 0) is 30.2 Å². The molecule has 0 N–H and O–H groups in total. The third-order valence-electron chi connectivity index (χ3n) is 4.57. The standard InChI is InChI=1S/C21H24ClN3O2/c1-17(27-23-15-18-7-9-20(22)10-8-18)21(26)25-13-11-24(12-14-25)16-19-5-3-2-4-6-19/h2-10,15,17H,11-14,16H2,1H3/b23-15-/t17-/m1/s1. The molecule has 0 aliphatic carbocycles. The van der Waals surface area contributed by atoms with Crippen LogP contribution in [-0.2, 0) is 16.2 Å². The van der Waals surface area contributed by atoms with E-state index in [0.717, 1.165) is 25.2 Å². The summed E-state index contributed by atoms with van der Waals surface area (Å²) in [4.78, 5) is 22.1. The zero-order valence-electron chi connectivity index (χ0n) is 15.4. The summed E-state index contributed by atoms with van der Waals surface area (Å²) in [5.74, 6) is -0.0254. The molecule has 1 aliphatic rings. The first-order chi connectivity index (χ1) is 13.1. The quantitative estimate of drug-likeness (QED) is 0.565. The van der Waals surface area contributed by atoms with Crippen LogP contribution in [0.25, 0.3) is 0 Å². The van der Waals surface area contributed by atoms with Crippen molar-refractivity contribution >= 4 is 23.7 Å². The largest absolute Gasteiger partial charge is 0.383 e. The molecule has 1 aliphatic heterocycles. The predicted molar refractivity (Wildman–Crippen MR) is 108 cm³/mol. The molecule has 27 heavy (non-hydrogen) atoms. The Morgan fingerprint density at radius 3 is 2.44 bits per heavy atom. The van der Waals surface area contributed by atoms with E-state index in [-0.39, 0.29) is 5.91 Å². The van der Waals surface area contributed by atoms with Gasteiger partial charge in [0.1, 0.15) is 0 Å². The van der Waals surface area contributed by atoms with Crippen molar-refractivity contribution in [2.45, 2.75) is 19.6 Å². The number of carbonyl (C=O) groups is 1. The zero-order valence-corrected chi connectivity index (χ0v) is 16.2. The zero-order chi connectivity index (χ0) is 19.1. The molecular formula is C21H24ClN3O2. The average molecular weight is 386 g/mol. The fourth-order valence-corrected chi connectivity index (χ4v) is 3.13. The fourth-order valence-electron chi connectivity index (χ4n) is 3.00. The molecule has 0 bridgehead atoms. The molecule has 6 heteroatoms. The second kappa shape index (κ2) is 9.53. The topological polar surface area (TPSA) is 45.1 Å². The van der Waals surface area contributed by atoms with Crippen molar-refractivity contribution in [3.63, 3.8) is 0 Å². The van der Waals surface area contributed by atoms with Gasteiger partial charge in [-0.15, -0.1) is 0 Å². The van der Waals surface area contributed by atoms with Crippen LogP contribution in [0, 0.1) is 0 Å². The third-order valence-corrected chi connectivity index (χ3v) is 4.82. The van der Waals surface area contributed by atoms with Gasteiger partial charge in [-0.25, -0.2) is 0 Å². The monoisotopic (exact) mass is 385 g/mol. The van der Waals surface area contributed by atoms with Crippen LogP contribution in [0.5, 0.6) is 0 Å². The van der Waals surface area contributed by atoms with Crippen molar-refractivity contribution in [1.82, 2.24) is 9.80 Å². The molecule has 3 rings (SSSR count). The molecule has 0 spiro atoms. The SMILES string of the molecule is C[C@@H](O/N=C\c1ccc(Cl)cc1)C(=O)N1CCN(Cc2ccccc2)CC1. The van der Waals surface area contributed by atoms with E-state index in [4.69, 9.17) is 16.4 Å². The van der Waals surface area contributed by atoms with E-state index in [0.29, 0.717) is 18.1 Å². The lowest BCUT2D eigenvalue weighted by Gasteiger charge is -2.35. The van der Waals surface area contributed by atoms with Crippen molar-refractivity contribution in [2.75, 3.05) is 26.2 Å². The first kappa shape index (κ1) is 19.4. The minimum Gasteiger partial charge on any atom is -0.383 e. The number of halogens is 1. The maximum absolute atomic E-state index is 12.5. The fraction of sp³-hybridized carbons (Fsp3) is 0.333. The molecule has 1 amide bonds. The van der Waals surface area contributed by atoms with Gasteiger partial charge in [-0.3, -0.25) is 9.69 Å². The van der Waals surface area contributed by atoms with Gasteiger partial charge in [0, 0.05) is 37.7 Å². The van der Waals surface area contributed by atoms with Gasteiger partial charge in [0.05, 0.1) is 6.21 Å². The van der Waals surface area contributed by atoms with Crippen LogP contribution < -0.4 is 0 Å².